The van der Waals surface area contributed by atoms with Crippen LogP contribution in [0.15, 0.2) is 36.4 Å². The van der Waals surface area contributed by atoms with Gasteiger partial charge in [0.25, 0.3) is 5.91 Å². The van der Waals surface area contributed by atoms with Gasteiger partial charge in [-0.1, -0.05) is 24.3 Å². The molecule has 7 heteroatoms. The van der Waals surface area contributed by atoms with E-state index in [-0.39, 0.29) is 11.9 Å². The molecule has 0 radical (unpaired) electrons. The van der Waals surface area contributed by atoms with Gasteiger partial charge >= 0.3 is 0 Å². The van der Waals surface area contributed by atoms with E-state index in [1.165, 1.54) is 0 Å². The third-order valence-electron chi connectivity index (χ3n) is 5.31. The number of amides is 1. The fraction of sp³-hybridized carbons (Fsp3) is 0.500. The first-order valence-electron chi connectivity index (χ1n) is 9.37. The van der Waals surface area contributed by atoms with E-state index < -0.39 is 11.0 Å². The molecule has 2 fully saturated rings. The van der Waals surface area contributed by atoms with E-state index in [0.717, 1.165) is 23.7 Å². The maximum absolute atomic E-state index is 13.4. The molecular formula is C20H25N3O3S. The number of morpholine rings is 1. The Morgan fingerprint density at radius 2 is 2.04 bits per heavy atom. The van der Waals surface area contributed by atoms with Crippen molar-refractivity contribution >= 4 is 29.4 Å². The summed E-state index contributed by atoms with van der Waals surface area (Å²) < 4.78 is 11.4. The highest BCUT2D eigenvalue weighted by Gasteiger charge is 2.51. The van der Waals surface area contributed by atoms with Crippen LogP contribution in [0.4, 0.5) is 0 Å². The van der Waals surface area contributed by atoms with Crippen LogP contribution in [0.5, 0.6) is 0 Å². The number of methoxy groups -OCH3 is 1. The Morgan fingerprint density at radius 1 is 1.30 bits per heavy atom. The van der Waals surface area contributed by atoms with Crippen molar-refractivity contribution in [3.8, 4) is 0 Å². The SMILES string of the molecule is COC(C(=O)NC1CC1)(c1ccc2ccccc2n1)C(S)N1CCOCC1. The highest BCUT2D eigenvalue weighted by molar-refractivity contribution is 7.81. The van der Waals surface area contributed by atoms with Crippen LogP contribution in [0.25, 0.3) is 10.9 Å². The van der Waals surface area contributed by atoms with Crippen molar-refractivity contribution in [2.45, 2.75) is 29.9 Å². The van der Waals surface area contributed by atoms with Crippen LogP contribution < -0.4 is 5.32 Å². The zero-order valence-corrected chi connectivity index (χ0v) is 16.3. The lowest BCUT2D eigenvalue weighted by Gasteiger charge is -2.42. The number of carbonyl (C=O) groups is 1. The Hall–Kier alpha value is -1.67. The number of para-hydroxylation sites is 1. The molecule has 27 heavy (non-hydrogen) atoms. The number of thiol groups is 1. The fourth-order valence-corrected chi connectivity index (χ4v) is 4.13. The molecule has 1 saturated carbocycles. The molecule has 144 valence electrons. The van der Waals surface area contributed by atoms with E-state index in [9.17, 15) is 4.79 Å². The summed E-state index contributed by atoms with van der Waals surface area (Å²) in [5, 5.41) is 3.65. The van der Waals surface area contributed by atoms with E-state index >= 15 is 0 Å². The molecule has 1 N–H and O–H groups in total. The minimum Gasteiger partial charge on any atom is -0.379 e. The summed E-state index contributed by atoms with van der Waals surface area (Å²) in [7, 11) is 1.56. The first-order chi connectivity index (χ1) is 13.1. The van der Waals surface area contributed by atoms with Crippen molar-refractivity contribution in [2.24, 2.45) is 0 Å². The minimum atomic E-state index is -1.30. The molecule has 2 atom stereocenters. The van der Waals surface area contributed by atoms with Crippen LogP contribution in [-0.2, 0) is 19.9 Å². The molecule has 0 bridgehead atoms. The number of hydrogen-bond donors (Lipinski definition) is 2. The first-order valence-corrected chi connectivity index (χ1v) is 9.89. The molecule has 2 heterocycles. The lowest BCUT2D eigenvalue weighted by molar-refractivity contribution is -0.152. The number of nitrogens with zero attached hydrogens (tertiary/aromatic N) is 2. The second kappa shape index (κ2) is 7.75. The van der Waals surface area contributed by atoms with Gasteiger partial charge in [-0.05, 0) is 25.0 Å². The highest BCUT2D eigenvalue weighted by Crippen LogP contribution is 2.36. The van der Waals surface area contributed by atoms with Gasteiger partial charge in [0.15, 0.2) is 0 Å². The number of aromatic nitrogens is 1. The number of benzene rings is 1. The number of fused-ring (bicyclic) bond motifs is 1. The van der Waals surface area contributed by atoms with Crippen molar-refractivity contribution in [2.75, 3.05) is 33.4 Å². The molecule has 4 rings (SSSR count). The van der Waals surface area contributed by atoms with Gasteiger partial charge in [-0.15, -0.1) is 0 Å². The van der Waals surface area contributed by atoms with Crippen molar-refractivity contribution in [3.63, 3.8) is 0 Å². The van der Waals surface area contributed by atoms with Gasteiger partial charge in [0.1, 0.15) is 0 Å². The van der Waals surface area contributed by atoms with Crippen molar-refractivity contribution in [1.82, 2.24) is 15.2 Å². The summed E-state index contributed by atoms with van der Waals surface area (Å²) in [5.74, 6) is -0.179. The van der Waals surface area contributed by atoms with Crippen LogP contribution >= 0.6 is 12.6 Å². The monoisotopic (exact) mass is 387 g/mol. The van der Waals surface area contributed by atoms with E-state index in [1.54, 1.807) is 7.11 Å². The molecule has 1 aliphatic heterocycles. The predicted octanol–water partition coefficient (Wildman–Crippen LogP) is 1.94. The molecule has 2 aromatic rings. The van der Waals surface area contributed by atoms with Gasteiger partial charge in [0.2, 0.25) is 5.60 Å². The molecule has 1 saturated heterocycles. The summed E-state index contributed by atoms with van der Waals surface area (Å²) in [6.07, 6.45) is 2.01. The molecule has 1 aromatic heterocycles. The average molecular weight is 388 g/mol. The van der Waals surface area contributed by atoms with Crippen LogP contribution in [0, 0.1) is 0 Å². The Morgan fingerprint density at radius 3 is 2.74 bits per heavy atom. The fourth-order valence-electron chi connectivity index (χ4n) is 3.54. The van der Waals surface area contributed by atoms with Gasteiger partial charge in [-0.25, -0.2) is 4.98 Å². The zero-order valence-electron chi connectivity index (χ0n) is 15.4. The van der Waals surface area contributed by atoms with Gasteiger partial charge in [0, 0.05) is 31.6 Å². The number of pyridine rings is 1. The second-order valence-electron chi connectivity index (χ2n) is 7.10. The Labute approximate surface area is 164 Å². The lowest BCUT2D eigenvalue weighted by atomic mass is 9.94. The largest absolute Gasteiger partial charge is 0.379 e. The zero-order chi connectivity index (χ0) is 18.9. The molecule has 0 spiro atoms. The second-order valence-corrected chi connectivity index (χ2v) is 7.59. The topological polar surface area (TPSA) is 63.7 Å². The molecule has 1 aliphatic carbocycles. The number of ether oxygens (including phenoxy) is 2. The number of carbonyl (C=O) groups excluding carboxylic acids is 1. The van der Waals surface area contributed by atoms with Crippen molar-refractivity contribution in [1.29, 1.82) is 0 Å². The number of hydrogen-bond acceptors (Lipinski definition) is 6. The smallest absolute Gasteiger partial charge is 0.261 e. The van der Waals surface area contributed by atoms with Gasteiger partial charge in [0.05, 0.1) is 29.8 Å². The maximum atomic E-state index is 13.4. The van der Waals surface area contributed by atoms with Crippen LogP contribution in [0.3, 0.4) is 0 Å². The Kier molecular flexibility index (Phi) is 5.36. The summed E-state index contributed by atoms with van der Waals surface area (Å²) in [6.45, 7) is 2.63. The normalized spacial score (nSPS) is 21.6. The van der Waals surface area contributed by atoms with Crippen LogP contribution in [0.2, 0.25) is 0 Å². The Bertz CT molecular complexity index is 823. The summed E-state index contributed by atoms with van der Waals surface area (Å²) in [5.41, 5.74) is 0.110. The minimum absolute atomic E-state index is 0.179. The first kappa shape index (κ1) is 18.7. The van der Waals surface area contributed by atoms with E-state index in [4.69, 9.17) is 27.1 Å². The number of nitrogens with one attached hydrogen (secondary N) is 1. The standard InChI is InChI=1S/C20H25N3O3S/c1-25-20(18(24)21-15-7-8-15,19(27)23-10-12-26-13-11-23)17-9-6-14-4-2-3-5-16(14)22-17/h2-6,9,15,19,27H,7-8,10-13H2,1H3,(H,21,24). The predicted molar refractivity (Wildman–Crippen MR) is 107 cm³/mol. The van der Waals surface area contributed by atoms with Gasteiger partial charge in [-0.2, -0.15) is 12.6 Å². The molecular weight excluding hydrogens is 362 g/mol. The lowest BCUT2D eigenvalue weighted by Crippen LogP contribution is -2.60. The molecule has 6 nitrogen and oxygen atoms in total. The summed E-state index contributed by atoms with van der Waals surface area (Å²) in [6, 6.07) is 11.9. The molecule has 1 aromatic carbocycles. The van der Waals surface area contributed by atoms with Gasteiger partial charge < -0.3 is 14.8 Å². The molecule has 2 aliphatic rings. The Balaban J connectivity index is 1.77. The third kappa shape index (κ3) is 3.57. The molecule has 1 amide bonds. The third-order valence-corrected chi connectivity index (χ3v) is 6.00. The number of rotatable bonds is 6. The van der Waals surface area contributed by atoms with E-state index in [0.29, 0.717) is 32.0 Å². The van der Waals surface area contributed by atoms with Crippen molar-refractivity contribution < 1.29 is 14.3 Å². The van der Waals surface area contributed by atoms with Crippen molar-refractivity contribution in [3.05, 3.63) is 42.1 Å². The van der Waals surface area contributed by atoms with Crippen LogP contribution in [0.1, 0.15) is 18.5 Å². The van der Waals surface area contributed by atoms with E-state index in [2.05, 4.69) is 10.2 Å². The summed E-state index contributed by atoms with van der Waals surface area (Å²) >= 11 is 4.87. The molecule has 2 unspecified atom stereocenters. The summed E-state index contributed by atoms with van der Waals surface area (Å²) in [4.78, 5) is 20.3. The quantitative estimate of drug-likeness (QED) is 0.742. The van der Waals surface area contributed by atoms with E-state index in [1.807, 2.05) is 36.4 Å². The van der Waals surface area contributed by atoms with Crippen LogP contribution in [-0.4, -0.2) is 60.6 Å². The average Bonchev–Trinajstić information content (AvgIpc) is 3.53. The highest BCUT2D eigenvalue weighted by atomic mass is 32.1. The van der Waals surface area contributed by atoms with Gasteiger partial charge in [-0.3, -0.25) is 9.69 Å². The maximum Gasteiger partial charge on any atom is 0.261 e.